The smallest absolute Gasteiger partial charge is 0.0431 e. The molecular weight excluding hydrogens is 256 g/mol. The fraction of sp³-hybridized carbons (Fsp3) is 0.700. The van der Waals surface area contributed by atoms with Gasteiger partial charge in [-0.2, -0.15) is 0 Å². The normalized spacial score (nSPS) is 12.3. The molecular formula is C20H36O. The van der Waals surface area contributed by atoms with E-state index in [1.165, 1.54) is 57.8 Å². The Morgan fingerprint density at radius 1 is 0.571 bits per heavy atom. The monoisotopic (exact) mass is 292 g/mol. The zero-order valence-electron chi connectivity index (χ0n) is 14.1. The van der Waals surface area contributed by atoms with Crippen molar-refractivity contribution in [3.05, 3.63) is 36.5 Å². The molecule has 1 N–H and O–H groups in total. The molecule has 0 rings (SSSR count). The summed E-state index contributed by atoms with van der Waals surface area (Å²) in [6.45, 7) is 2.59. The topological polar surface area (TPSA) is 20.2 Å². The summed E-state index contributed by atoms with van der Waals surface area (Å²) in [5, 5.41) is 8.67. The highest BCUT2D eigenvalue weighted by atomic mass is 16.2. The van der Waals surface area contributed by atoms with Crippen LogP contribution in [0.5, 0.6) is 0 Å². The van der Waals surface area contributed by atoms with Crippen LogP contribution in [-0.2, 0) is 0 Å². The Kier molecular flexibility index (Phi) is 18.4. The molecule has 0 aromatic heterocycles. The lowest BCUT2D eigenvalue weighted by Crippen LogP contribution is -1.83. The summed E-state index contributed by atoms with van der Waals surface area (Å²) in [4.78, 5) is 0. The maximum atomic E-state index is 8.67. The molecule has 0 unspecified atom stereocenters. The van der Waals surface area contributed by atoms with Crippen molar-refractivity contribution in [3.63, 3.8) is 0 Å². The third-order valence-corrected chi connectivity index (χ3v) is 3.55. The molecule has 0 atom stereocenters. The number of hydrogen-bond donors (Lipinski definition) is 1. The first-order valence-electron chi connectivity index (χ1n) is 8.97. The maximum Gasteiger partial charge on any atom is 0.0431 e. The van der Waals surface area contributed by atoms with E-state index < -0.39 is 0 Å². The van der Waals surface area contributed by atoms with Gasteiger partial charge in [-0.1, -0.05) is 75.5 Å². The van der Waals surface area contributed by atoms with Crippen molar-refractivity contribution in [3.8, 4) is 0 Å². The first-order chi connectivity index (χ1) is 10.4. The van der Waals surface area contributed by atoms with Crippen LogP contribution in [0.3, 0.4) is 0 Å². The molecule has 0 radical (unpaired) electrons. The van der Waals surface area contributed by atoms with Crippen molar-refractivity contribution >= 4 is 0 Å². The SMILES string of the molecule is CCCCCC=CCC=CCC=CCCCCCCCO. The van der Waals surface area contributed by atoms with E-state index in [2.05, 4.69) is 43.4 Å². The molecule has 0 amide bonds. The Labute approximate surface area is 132 Å². The number of hydrogen-bond acceptors (Lipinski definition) is 1. The van der Waals surface area contributed by atoms with E-state index in [-0.39, 0.29) is 0 Å². The highest BCUT2D eigenvalue weighted by Crippen LogP contribution is 2.06. The number of rotatable bonds is 15. The largest absolute Gasteiger partial charge is 0.396 e. The predicted molar refractivity (Wildman–Crippen MR) is 95.6 cm³/mol. The lowest BCUT2D eigenvalue weighted by molar-refractivity contribution is 0.282. The van der Waals surface area contributed by atoms with Gasteiger partial charge in [0.05, 0.1) is 0 Å². The molecule has 0 aliphatic heterocycles. The standard InChI is InChI=1S/C20H36O/c1-2-3-4-5-6-7-8-9-10-11-12-13-14-15-16-17-18-19-20-21/h6-7,9-10,12-13,21H,2-5,8,11,14-20H2,1H3. The lowest BCUT2D eigenvalue weighted by atomic mass is 10.1. The third-order valence-electron chi connectivity index (χ3n) is 3.55. The van der Waals surface area contributed by atoms with E-state index in [9.17, 15) is 0 Å². The Balaban J connectivity index is 3.24. The lowest BCUT2D eigenvalue weighted by Gasteiger charge is -1.97. The summed E-state index contributed by atoms with van der Waals surface area (Å²) in [5.74, 6) is 0. The quantitative estimate of drug-likeness (QED) is 0.275. The summed E-state index contributed by atoms with van der Waals surface area (Å²) >= 11 is 0. The molecule has 0 aliphatic rings. The summed E-state index contributed by atoms with van der Waals surface area (Å²) < 4.78 is 0. The van der Waals surface area contributed by atoms with Gasteiger partial charge in [0.15, 0.2) is 0 Å². The van der Waals surface area contributed by atoms with Crippen molar-refractivity contribution < 1.29 is 5.11 Å². The highest BCUT2D eigenvalue weighted by Gasteiger charge is 1.88. The maximum absolute atomic E-state index is 8.67. The van der Waals surface area contributed by atoms with Crippen LogP contribution in [0.4, 0.5) is 0 Å². The van der Waals surface area contributed by atoms with Crippen molar-refractivity contribution in [1.29, 1.82) is 0 Å². The molecule has 122 valence electrons. The Morgan fingerprint density at radius 2 is 1.05 bits per heavy atom. The Bertz CT molecular complexity index is 263. The minimum Gasteiger partial charge on any atom is -0.396 e. The number of allylic oxidation sites excluding steroid dienone is 6. The molecule has 0 bridgehead atoms. The molecule has 0 aromatic carbocycles. The molecule has 0 heterocycles. The van der Waals surface area contributed by atoms with Crippen LogP contribution >= 0.6 is 0 Å². The zero-order chi connectivity index (χ0) is 15.4. The second-order valence-electron chi connectivity index (χ2n) is 5.66. The van der Waals surface area contributed by atoms with Gasteiger partial charge in [-0.15, -0.1) is 0 Å². The van der Waals surface area contributed by atoms with Crippen molar-refractivity contribution in [1.82, 2.24) is 0 Å². The predicted octanol–water partition coefficient (Wildman–Crippen LogP) is 6.35. The summed E-state index contributed by atoms with van der Waals surface area (Å²) in [7, 11) is 0. The van der Waals surface area contributed by atoms with Gasteiger partial charge < -0.3 is 5.11 Å². The van der Waals surface area contributed by atoms with E-state index in [1.54, 1.807) is 0 Å². The molecule has 0 spiro atoms. The Hall–Kier alpha value is -0.820. The van der Waals surface area contributed by atoms with Gasteiger partial charge in [0.2, 0.25) is 0 Å². The van der Waals surface area contributed by atoms with Gasteiger partial charge in [0, 0.05) is 6.61 Å². The fourth-order valence-corrected chi connectivity index (χ4v) is 2.19. The minimum atomic E-state index is 0.347. The summed E-state index contributed by atoms with van der Waals surface area (Å²) in [6, 6.07) is 0. The minimum absolute atomic E-state index is 0.347. The van der Waals surface area contributed by atoms with Crippen LogP contribution in [0.25, 0.3) is 0 Å². The Morgan fingerprint density at radius 3 is 1.62 bits per heavy atom. The van der Waals surface area contributed by atoms with Crippen molar-refractivity contribution in [2.75, 3.05) is 6.61 Å². The number of aliphatic hydroxyl groups excluding tert-OH is 1. The summed E-state index contributed by atoms with van der Waals surface area (Å²) in [5.41, 5.74) is 0. The van der Waals surface area contributed by atoms with Gasteiger partial charge >= 0.3 is 0 Å². The van der Waals surface area contributed by atoms with Gasteiger partial charge in [0.25, 0.3) is 0 Å². The van der Waals surface area contributed by atoms with Crippen LogP contribution in [0, 0.1) is 0 Å². The first kappa shape index (κ1) is 20.2. The van der Waals surface area contributed by atoms with E-state index >= 15 is 0 Å². The van der Waals surface area contributed by atoms with E-state index in [0.29, 0.717) is 6.61 Å². The van der Waals surface area contributed by atoms with Crippen molar-refractivity contribution in [2.45, 2.75) is 84.0 Å². The average Bonchev–Trinajstić information content (AvgIpc) is 2.50. The average molecular weight is 293 g/mol. The van der Waals surface area contributed by atoms with Gasteiger partial charge in [0.1, 0.15) is 0 Å². The van der Waals surface area contributed by atoms with Crippen LogP contribution in [0.1, 0.15) is 84.0 Å². The van der Waals surface area contributed by atoms with Crippen LogP contribution in [-0.4, -0.2) is 11.7 Å². The molecule has 0 saturated heterocycles. The molecule has 0 aromatic rings. The zero-order valence-corrected chi connectivity index (χ0v) is 14.1. The van der Waals surface area contributed by atoms with Crippen LogP contribution in [0.2, 0.25) is 0 Å². The first-order valence-corrected chi connectivity index (χ1v) is 8.97. The van der Waals surface area contributed by atoms with Crippen LogP contribution in [0.15, 0.2) is 36.5 Å². The van der Waals surface area contributed by atoms with E-state index in [1.807, 2.05) is 0 Å². The van der Waals surface area contributed by atoms with Gasteiger partial charge in [-0.05, 0) is 44.9 Å². The molecule has 21 heavy (non-hydrogen) atoms. The van der Waals surface area contributed by atoms with Gasteiger partial charge in [-0.25, -0.2) is 0 Å². The fourth-order valence-electron chi connectivity index (χ4n) is 2.19. The van der Waals surface area contributed by atoms with Gasteiger partial charge in [-0.3, -0.25) is 0 Å². The molecule has 0 fully saturated rings. The second-order valence-corrected chi connectivity index (χ2v) is 5.66. The number of unbranched alkanes of at least 4 members (excludes halogenated alkanes) is 8. The molecule has 1 heteroatoms. The third kappa shape index (κ3) is 19.2. The van der Waals surface area contributed by atoms with E-state index in [4.69, 9.17) is 5.11 Å². The van der Waals surface area contributed by atoms with E-state index in [0.717, 1.165) is 19.3 Å². The van der Waals surface area contributed by atoms with Crippen LogP contribution < -0.4 is 0 Å². The second kappa shape index (κ2) is 19.2. The molecule has 0 aliphatic carbocycles. The van der Waals surface area contributed by atoms with Crippen molar-refractivity contribution in [2.24, 2.45) is 0 Å². The summed E-state index contributed by atoms with van der Waals surface area (Å²) in [6.07, 6.45) is 28.2. The molecule has 0 saturated carbocycles. The molecule has 1 nitrogen and oxygen atoms in total. The number of aliphatic hydroxyl groups is 1. The highest BCUT2D eigenvalue weighted by molar-refractivity contribution is 4.97.